The summed E-state index contributed by atoms with van der Waals surface area (Å²) >= 11 is 1.62. The number of rotatable bonds is 6. The lowest BCUT2D eigenvalue weighted by atomic mass is 10.00. The number of carbonyl (C=O) groups excluding carboxylic acids is 1. The lowest BCUT2D eigenvalue weighted by Crippen LogP contribution is -1.97. The highest BCUT2D eigenvalue weighted by Gasteiger charge is 2.15. The fourth-order valence-electron chi connectivity index (χ4n) is 2.52. The quantitative estimate of drug-likeness (QED) is 0.185. The molecule has 1 aromatic rings. The highest BCUT2D eigenvalue weighted by molar-refractivity contribution is 8.02. The first-order valence-electron chi connectivity index (χ1n) is 9.54. The molecular weight excluding hydrogens is 406 g/mol. The van der Waals surface area contributed by atoms with E-state index in [0.717, 1.165) is 27.9 Å². The van der Waals surface area contributed by atoms with Crippen molar-refractivity contribution in [3.63, 3.8) is 0 Å². The summed E-state index contributed by atoms with van der Waals surface area (Å²) in [5.41, 5.74) is 3.08. The van der Waals surface area contributed by atoms with Crippen LogP contribution in [0.2, 0.25) is 0 Å². The number of hydrogen-bond donors (Lipinski definition) is 0. The molecule has 1 aliphatic rings. The van der Waals surface area contributed by atoms with Crippen LogP contribution in [0.4, 0.5) is 5.69 Å². The minimum Gasteiger partial charge on any atom is -0.304 e. The van der Waals surface area contributed by atoms with E-state index in [4.69, 9.17) is 4.79 Å². The first-order valence-corrected chi connectivity index (χ1v) is 10.8. The average molecular weight is 432 g/mol. The maximum absolute atomic E-state index is 11.6. The largest absolute Gasteiger partial charge is 0.304 e. The number of aryl methyl sites for hydroxylation is 1. The molecule has 5 heteroatoms. The molecule has 0 amide bonds. The summed E-state index contributed by atoms with van der Waals surface area (Å²) in [5, 5.41) is 11.6. The third-order valence-electron chi connectivity index (χ3n) is 3.98. The summed E-state index contributed by atoms with van der Waals surface area (Å²) in [5.74, 6) is 11.8. The second-order valence-corrected chi connectivity index (χ2v) is 7.06. The summed E-state index contributed by atoms with van der Waals surface area (Å²) in [4.78, 5) is 21.1. The lowest BCUT2D eigenvalue weighted by Gasteiger charge is -2.05. The van der Waals surface area contributed by atoms with E-state index in [1.165, 1.54) is 6.92 Å². The second kappa shape index (κ2) is 14.4. The summed E-state index contributed by atoms with van der Waals surface area (Å²) in [6.07, 6.45) is 17.2. The molecule has 0 unspecified atom stereocenters. The third kappa shape index (κ3) is 9.21. The molecule has 0 radical (unpaired) electrons. The Kier molecular flexibility index (Phi) is 11.9. The Labute approximate surface area is 188 Å². The molecule has 0 aliphatic heterocycles. The number of nitro groups is 1. The zero-order valence-corrected chi connectivity index (χ0v) is 18.8. The Bertz CT molecular complexity index is 1070. The van der Waals surface area contributed by atoms with Crippen molar-refractivity contribution in [3.8, 4) is 23.7 Å². The highest BCUT2D eigenvalue weighted by Crippen LogP contribution is 2.24. The van der Waals surface area contributed by atoms with Gasteiger partial charge in [0, 0.05) is 29.0 Å². The summed E-state index contributed by atoms with van der Waals surface area (Å²) in [6, 6.07) is 3.41. The Morgan fingerprint density at radius 3 is 2.77 bits per heavy atom. The van der Waals surface area contributed by atoms with Crippen molar-refractivity contribution in [1.29, 1.82) is 0 Å². The first-order chi connectivity index (χ1) is 15.0. The van der Waals surface area contributed by atoms with Crippen molar-refractivity contribution in [1.82, 2.24) is 0 Å². The van der Waals surface area contributed by atoms with Gasteiger partial charge in [0.05, 0.1) is 4.92 Å². The molecule has 0 bridgehead atoms. The van der Waals surface area contributed by atoms with Crippen LogP contribution in [0.1, 0.15) is 30.0 Å². The molecule has 0 spiro atoms. The minimum atomic E-state index is -0.376. The van der Waals surface area contributed by atoms with Crippen LogP contribution in [0.3, 0.4) is 0 Å². The number of nitro benzene ring substituents is 1. The fourth-order valence-corrected chi connectivity index (χ4v) is 2.98. The van der Waals surface area contributed by atoms with Gasteiger partial charge in [-0.25, -0.2) is 0 Å². The van der Waals surface area contributed by atoms with Crippen molar-refractivity contribution >= 4 is 23.7 Å². The average Bonchev–Trinajstić information content (AvgIpc) is 3.02. The zero-order valence-electron chi connectivity index (χ0n) is 18.0. The normalized spacial score (nSPS) is 12.2. The van der Waals surface area contributed by atoms with E-state index in [1.807, 2.05) is 43.6 Å². The molecule has 0 fully saturated rings. The number of thioether (sulfide) groups is 1. The van der Waals surface area contributed by atoms with Gasteiger partial charge in [0.1, 0.15) is 11.8 Å². The van der Waals surface area contributed by atoms with Gasteiger partial charge in [-0.05, 0) is 55.9 Å². The molecule has 1 aromatic carbocycles. The summed E-state index contributed by atoms with van der Waals surface area (Å²) in [6.45, 7) is 7.09. The van der Waals surface area contributed by atoms with Gasteiger partial charge in [0.25, 0.3) is 5.69 Å². The molecule has 31 heavy (non-hydrogen) atoms. The van der Waals surface area contributed by atoms with Crippen molar-refractivity contribution in [2.75, 3.05) is 6.26 Å². The topological polar surface area (TPSA) is 60.2 Å². The van der Waals surface area contributed by atoms with E-state index in [0.29, 0.717) is 18.4 Å². The van der Waals surface area contributed by atoms with E-state index in [-0.39, 0.29) is 10.6 Å². The molecule has 1 aliphatic carbocycles. The van der Waals surface area contributed by atoms with Crippen LogP contribution in [0.15, 0.2) is 71.7 Å². The molecule has 158 valence electrons. The predicted octanol–water partition coefficient (Wildman–Crippen LogP) is 5.88. The van der Waals surface area contributed by atoms with Crippen LogP contribution < -0.4 is 0 Å². The van der Waals surface area contributed by atoms with E-state index < -0.39 is 0 Å². The summed E-state index contributed by atoms with van der Waals surface area (Å²) < 4.78 is 0. The minimum absolute atomic E-state index is 0.0255. The number of carbonyl (C=O) groups is 1. The van der Waals surface area contributed by atoms with Crippen molar-refractivity contribution in [2.45, 2.75) is 26.7 Å². The van der Waals surface area contributed by atoms with Gasteiger partial charge in [-0.1, -0.05) is 54.6 Å². The molecule has 4 nitrogen and oxygen atoms in total. The molecular formula is C26H25NO3S. The van der Waals surface area contributed by atoms with Crippen LogP contribution >= 0.6 is 11.8 Å². The highest BCUT2D eigenvalue weighted by atomic mass is 32.2. The molecule has 0 saturated heterocycles. The van der Waals surface area contributed by atoms with Crippen molar-refractivity contribution in [2.24, 2.45) is 0 Å². The Morgan fingerprint density at radius 2 is 2.13 bits per heavy atom. The van der Waals surface area contributed by atoms with Gasteiger partial charge in [-0.2, -0.15) is 0 Å². The Balaban J connectivity index is 0.00000151. The molecule has 0 saturated carbocycles. The monoisotopic (exact) mass is 431 g/mol. The summed E-state index contributed by atoms with van der Waals surface area (Å²) in [7, 11) is 0. The second-order valence-electron chi connectivity index (χ2n) is 6.18. The molecule has 0 aromatic heterocycles. The standard InChI is InChI=1S/C24H21NO2S.C2H4O/c1-4-10-23(28-3)14-9-13-21-18-24(25(26)27)22(17-19(21)2)16-15-20-11-7-5-6-8-12-20;1-2-3/h4,7,9-12,14,17-18H,1,5,13H2,2-3H3;2H,1H3/b14-9-,23-10+;. The molecule has 0 N–H and O–H groups in total. The Morgan fingerprint density at radius 1 is 1.39 bits per heavy atom. The van der Waals surface area contributed by atoms with Crippen LogP contribution in [0.25, 0.3) is 0 Å². The van der Waals surface area contributed by atoms with Crippen LogP contribution in [0, 0.1) is 40.7 Å². The number of benzene rings is 1. The maximum Gasteiger partial charge on any atom is 0.285 e. The number of hydrogen-bond acceptors (Lipinski definition) is 4. The number of aldehydes is 1. The molecule has 2 rings (SSSR count). The van der Waals surface area contributed by atoms with E-state index in [2.05, 4.69) is 30.3 Å². The van der Waals surface area contributed by atoms with Crippen LogP contribution in [-0.2, 0) is 11.2 Å². The van der Waals surface area contributed by atoms with E-state index >= 15 is 0 Å². The maximum atomic E-state index is 11.6. The third-order valence-corrected chi connectivity index (χ3v) is 4.72. The van der Waals surface area contributed by atoms with Gasteiger partial charge in [0.15, 0.2) is 0 Å². The van der Waals surface area contributed by atoms with Crippen molar-refractivity contribution in [3.05, 3.63) is 98.5 Å². The number of nitrogens with zero attached hydrogens (tertiary/aromatic N) is 1. The van der Waals surface area contributed by atoms with E-state index in [9.17, 15) is 10.1 Å². The van der Waals surface area contributed by atoms with Gasteiger partial charge >= 0.3 is 0 Å². The van der Waals surface area contributed by atoms with Gasteiger partial charge in [-0.3, -0.25) is 10.1 Å². The fraction of sp³-hybridized carbons (Fsp3) is 0.192. The van der Waals surface area contributed by atoms with Gasteiger partial charge < -0.3 is 4.79 Å². The van der Waals surface area contributed by atoms with Gasteiger partial charge in [0.2, 0.25) is 0 Å². The molecule has 0 heterocycles. The van der Waals surface area contributed by atoms with E-state index in [1.54, 1.807) is 36.0 Å². The van der Waals surface area contributed by atoms with Crippen LogP contribution in [0.5, 0.6) is 0 Å². The van der Waals surface area contributed by atoms with Crippen LogP contribution in [-0.4, -0.2) is 17.5 Å². The van der Waals surface area contributed by atoms with Gasteiger partial charge in [-0.15, -0.1) is 11.8 Å². The Hall–Kier alpha value is -3.54. The van der Waals surface area contributed by atoms with Crippen molar-refractivity contribution < 1.29 is 9.72 Å². The number of allylic oxidation sites excluding steroid dienone is 8. The smallest absolute Gasteiger partial charge is 0.285 e. The molecule has 0 atom stereocenters. The first kappa shape index (κ1) is 25.5. The SMILES string of the molecule is C=C/C=C(\C=C/Cc1cc([N+](=O)[O-])c(C#CC2=CC#CCC=C2)cc1C)SC.CC=O. The predicted molar refractivity (Wildman–Crippen MR) is 131 cm³/mol. The zero-order chi connectivity index (χ0) is 23.1. The lowest BCUT2D eigenvalue weighted by molar-refractivity contribution is -0.385.